The van der Waals surface area contributed by atoms with Crippen molar-refractivity contribution in [2.75, 3.05) is 26.7 Å². The van der Waals surface area contributed by atoms with Crippen molar-refractivity contribution in [3.63, 3.8) is 0 Å². The number of carbonyl (C=O) groups is 3. The monoisotopic (exact) mass is 348 g/mol. The topological polar surface area (TPSA) is 87.2 Å². The highest BCUT2D eigenvalue weighted by molar-refractivity contribution is 5.94. The van der Waals surface area contributed by atoms with Crippen LogP contribution in [0.3, 0.4) is 0 Å². The lowest BCUT2D eigenvalue weighted by atomic mass is 10.1. The van der Waals surface area contributed by atoms with E-state index in [2.05, 4.69) is 0 Å². The molecule has 1 N–H and O–H groups in total. The van der Waals surface area contributed by atoms with Gasteiger partial charge >= 0.3 is 5.97 Å². The van der Waals surface area contributed by atoms with Crippen molar-refractivity contribution in [1.82, 2.24) is 9.80 Å². The fourth-order valence-electron chi connectivity index (χ4n) is 3.18. The van der Waals surface area contributed by atoms with Crippen LogP contribution in [-0.4, -0.2) is 65.5 Å². The molecule has 0 spiro atoms. The molecule has 0 aliphatic carbocycles. The highest BCUT2D eigenvalue weighted by atomic mass is 16.5. The molecule has 7 nitrogen and oxygen atoms in total. The second-order valence-corrected chi connectivity index (χ2v) is 6.15. The number of nitrogens with zero attached hydrogens (tertiary/aromatic N) is 2. The molecule has 7 heteroatoms. The number of carboxylic acid groups (broad SMARTS) is 1. The quantitative estimate of drug-likeness (QED) is 0.874. The lowest BCUT2D eigenvalue weighted by Gasteiger charge is -2.28. The van der Waals surface area contributed by atoms with E-state index in [0.717, 1.165) is 6.42 Å². The van der Waals surface area contributed by atoms with Gasteiger partial charge in [-0.1, -0.05) is 6.07 Å². The average molecular weight is 348 g/mol. The van der Waals surface area contributed by atoms with Gasteiger partial charge in [0.15, 0.2) is 0 Å². The largest absolute Gasteiger partial charge is 0.497 e. The van der Waals surface area contributed by atoms with Gasteiger partial charge in [0.2, 0.25) is 5.91 Å². The number of benzene rings is 1. The number of carbonyl (C=O) groups excluding carboxylic acids is 2. The molecule has 0 unspecified atom stereocenters. The Morgan fingerprint density at radius 3 is 2.68 bits per heavy atom. The SMILES string of the molecule is COc1cccc(C(=O)N2CCC[C@H](N(CC(=O)O)C(C)=O)CC2)c1. The van der Waals surface area contributed by atoms with Gasteiger partial charge in [0, 0.05) is 31.6 Å². The molecule has 1 atom stereocenters. The van der Waals surface area contributed by atoms with Crippen LogP contribution >= 0.6 is 0 Å². The lowest BCUT2D eigenvalue weighted by Crippen LogP contribution is -2.43. The van der Waals surface area contributed by atoms with Crippen LogP contribution in [0.25, 0.3) is 0 Å². The van der Waals surface area contributed by atoms with Crippen LogP contribution in [0.5, 0.6) is 5.75 Å². The summed E-state index contributed by atoms with van der Waals surface area (Å²) in [5.74, 6) is -0.723. The number of carboxylic acids is 1. The molecule has 0 radical (unpaired) electrons. The van der Waals surface area contributed by atoms with Crippen LogP contribution in [0.4, 0.5) is 0 Å². The first-order chi connectivity index (χ1) is 11.9. The molecular formula is C18H24N2O5. The van der Waals surface area contributed by atoms with Gasteiger partial charge in [-0.15, -0.1) is 0 Å². The standard InChI is InChI=1S/C18H24N2O5/c1-13(21)20(12-17(22)23)15-6-4-9-19(10-8-15)18(24)14-5-3-7-16(11-14)25-2/h3,5,7,11,15H,4,6,8-10,12H2,1-2H3,(H,22,23)/t15-/m0/s1. The lowest BCUT2D eigenvalue weighted by molar-refractivity contribution is -0.145. The number of rotatable bonds is 5. The Balaban J connectivity index is 2.06. The molecular weight excluding hydrogens is 324 g/mol. The van der Waals surface area contributed by atoms with E-state index in [4.69, 9.17) is 9.84 Å². The Morgan fingerprint density at radius 1 is 1.28 bits per heavy atom. The van der Waals surface area contributed by atoms with Crippen molar-refractivity contribution in [2.45, 2.75) is 32.2 Å². The second-order valence-electron chi connectivity index (χ2n) is 6.15. The molecule has 1 aromatic rings. The Hall–Kier alpha value is -2.57. The maximum absolute atomic E-state index is 12.7. The summed E-state index contributed by atoms with van der Waals surface area (Å²) < 4.78 is 5.16. The van der Waals surface area contributed by atoms with E-state index in [1.165, 1.54) is 11.8 Å². The molecule has 25 heavy (non-hydrogen) atoms. The molecule has 1 heterocycles. The van der Waals surface area contributed by atoms with Crippen LogP contribution < -0.4 is 4.74 Å². The molecule has 136 valence electrons. The third-order valence-corrected chi connectivity index (χ3v) is 4.45. The van der Waals surface area contributed by atoms with E-state index in [9.17, 15) is 14.4 Å². The zero-order valence-corrected chi connectivity index (χ0v) is 14.6. The van der Waals surface area contributed by atoms with Crippen LogP contribution in [0.15, 0.2) is 24.3 Å². The van der Waals surface area contributed by atoms with Crippen LogP contribution in [0.2, 0.25) is 0 Å². The van der Waals surface area contributed by atoms with Crippen molar-refractivity contribution in [3.05, 3.63) is 29.8 Å². The summed E-state index contributed by atoms with van der Waals surface area (Å²) in [5, 5.41) is 9.00. The summed E-state index contributed by atoms with van der Waals surface area (Å²) in [7, 11) is 1.55. The zero-order valence-electron chi connectivity index (χ0n) is 14.6. The molecule has 1 fully saturated rings. The minimum absolute atomic E-state index is 0.0767. The van der Waals surface area contributed by atoms with Gasteiger partial charge in [-0.25, -0.2) is 0 Å². The number of hydrogen-bond donors (Lipinski definition) is 1. The number of ether oxygens (including phenoxy) is 1. The summed E-state index contributed by atoms with van der Waals surface area (Å²) in [6, 6.07) is 6.86. The van der Waals surface area contributed by atoms with Gasteiger partial charge in [-0.2, -0.15) is 0 Å². The third kappa shape index (κ3) is 4.95. The summed E-state index contributed by atoms with van der Waals surface area (Å²) >= 11 is 0. The molecule has 1 aliphatic rings. The van der Waals surface area contributed by atoms with Gasteiger partial charge < -0.3 is 19.6 Å². The summed E-state index contributed by atoms with van der Waals surface area (Å²) in [6.07, 6.45) is 1.99. The normalized spacial score (nSPS) is 17.5. The highest BCUT2D eigenvalue weighted by Gasteiger charge is 2.27. The maximum atomic E-state index is 12.7. The fraction of sp³-hybridized carbons (Fsp3) is 0.500. The Kier molecular flexibility index (Phi) is 6.38. The van der Waals surface area contributed by atoms with E-state index in [-0.39, 0.29) is 24.4 Å². The molecule has 2 rings (SSSR count). The van der Waals surface area contributed by atoms with Crippen LogP contribution in [0.1, 0.15) is 36.5 Å². The average Bonchev–Trinajstić information content (AvgIpc) is 2.84. The van der Waals surface area contributed by atoms with Gasteiger partial charge in [0.25, 0.3) is 5.91 Å². The number of hydrogen-bond acceptors (Lipinski definition) is 4. The van der Waals surface area contributed by atoms with Crippen molar-refractivity contribution in [1.29, 1.82) is 0 Å². The first-order valence-corrected chi connectivity index (χ1v) is 8.34. The maximum Gasteiger partial charge on any atom is 0.323 e. The van der Waals surface area contributed by atoms with E-state index in [1.807, 2.05) is 0 Å². The van der Waals surface area contributed by atoms with Gasteiger partial charge in [0.1, 0.15) is 12.3 Å². The molecule has 0 aromatic heterocycles. The molecule has 0 bridgehead atoms. The fourth-order valence-corrected chi connectivity index (χ4v) is 3.18. The Bertz CT molecular complexity index is 646. The first-order valence-electron chi connectivity index (χ1n) is 8.34. The van der Waals surface area contributed by atoms with Gasteiger partial charge in [-0.05, 0) is 37.5 Å². The number of amides is 2. The summed E-state index contributed by atoms with van der Waals surface area (Å²) in [5.41, 5.74) is 0.562. The number of aliphatic carboxylic acids is 1. The Labute approximate surface area is 147 Å². The number of likely N-dealkylation sites (tertiary alicyclic amines) is 1. The summed E-state index contributed by atoms with van der Waals surface area (Å²) in [4.78, 5) is 38.6. The molecule has 0 saturated carbocycles. The van der Waals surface area contributed by atoms with Crippen molar-refractivity contribution < 1.29 is 24.2 Å². The second kappa shape index (κ2) is 8.50. The predicted molar refractivity (Wildman–Crippen MR) is 91.6 cm³/mol. The van der Waals surface area contributed by atoms with Crippen molar-refractivity contribution >= 4 is 17.8 Å². The van der Waals surface area contributed by atoms with E-state index >= 15 is 0 Å². The van der Waals surface area contributed by atoms with E-state index in [0.29, 0.717) is 37.2 Å². The smallest absolute Gasteiger partial charge is 0.323 e. The van der Waals surface area contributed by atoms with Gasteiger partial charge in [0.05, 0.1) is 7.11 Å². The third-order valence-electron chi connectivity index (χ3n) is 4.45. The van der Waals surface area contributed by atoms with Crippen LogP contribution in [-0.2, 0) is 9.59 Å². The molecule has 2 amide bonds. The zero-order chi connectivity index (χ0) is 18.4. The highest BCUT2D eigenvalue weighted by Crippen LogP contribution is 2.20. The van der Waals surface area contributed by atoms with Crippen molar-refractivity contribution in [2.24, 2.45) is 0 Å². The van der Waals surface area contributed by atoms with E-state index in [1.54, 1.807) is 36.3 Å². The first kappa shape index (κ1) is 18.8. The Morgan fingerprint density at radius 2 is 2.04 bits per heavy atom. The molecule has 1 aliphatic heterocycles. The minimum atomic E-state index is -1.02. The van der Waals surface area contributed by atoms with Crippen molar-refractivity contribution in [3.8, 4) is 5.75 Å². The van der Waals surface area contributed by atoms with Crippen LogP contribution in [0, 0.1) is 0 Å². The number of methoxy groups -OCH3 is 1. The van der Waals surface area contributed by atoms with E-state index < -0.39 is 5.97 Å². The van der Waals surface area contributed by atoms with Gasteiger partial charge in [-0.3, -0.25) is 14.4 Å². The molecule has 1 saturated heterocycles. The molecule has 1 aromatic carbocycles. The minimum Gasteiger partial charge on any atom is -0.497 e. The predicted octanol–water partition coefficient (Wildman–Crippen LogP) is 1.62. The summed E-state index contributed by atoms with van der Waals surface area (Å²) in [6.45, 7) is 2.16.